The second-order valence-corrected chi connectivity index (χ2v) is 4.75. The summed E-state index contributed by atoms with van der Waals surface area (Å²) in [6.45, 7) is 1.07. The quantitative estimate of drug-likeness (QED) is 0.802. The molecule has 0 saturated carbocycles. The zero-order valence-corrected chi connectivity index (χ0v) is 11.2. The maximum absolute atomic E-state index is 6.04. The molecule has 0 aliphatic heterocycles. The Morgan fingerprint density at radius 2 is 2.16 bits per heavy atom. The first-order chi connectivity index (χ1) is 9.17. The summed E-state index contributed by atoms with van der Waals surface area (Å²) < 4.78 is 7.21. The van der Waals surface area contributed by atoms with Crippen molar-refractivity contribution in [2.24, 2.45) is 5.73 Å². The zero-order valence-electron chi connectivity index (χ0n) is 9.68. The van der Waals surface area contributed by atoms with Crippen LogP contribution in [0.1, 0.15) is 0 Å². The molecule has 0 amide bonds. The lowest BCUT2D eigenvalue weighted by Gasteiger charge is -1.92. The smallest absolute Gasteiger partial charge is 0.249 e. The maximum Gasteiger partial charge on any atom is 0.249 e. The van der Waals surface area contributed by atoms with Gasteiger partial charge in [-0.2, -0.15) is 0 Å². The average molecular weight is 298 g/mol. The van der Waals surface area contributed by atoms with Crippen LogP contribution in [0.3, 0.4) is 0 Å². The molecule has 0 spiro atoms. The summed E-state index contributed by atoms with van der Waals surface area (Å²) in [5, 5.41) is 8.81. The highest BCUT2D eigenvalue weighted by Crippen LogP contribution is 2.31. The van der Waals surface area contributed by atoms with Crippen molar-refractivity contribution in [1.29, 1.82) is 0 Å². The second-order valence-electron chi connectivity index (χ2n) is 3.91. The van der Waals surface area contributed by atoms with E-state index in [-0.39, 0.29) is 0 Å². The third kappa shape index (κ3) is 2.30. The predicted octanol–water partition coefficient (Wildman–Crippen LogP) is 2.35. The van der Waals surface area contributed by atoms with Crippen molar-refractivity contribution in [1.82, 2.24) is 20.0 Å². The molecular weight excluding hydrogens is 289 g/mol. The molecule has 0 radical (unpaired) electrons. The van der Waals surface area contributed by atoms with Crippen LogP contribution in [0.15, 0.2) is 22.7 Å². The van der Waals surface area contributed by atoms with Gasteiger partial charge in [-0.3, -0.25) is 4.68 Å². The topological polar surface area (TPSA) is 82.8 Å². The van der Waals surface area contributed by atoms with E-state index >= 15 is 0 Å². The number of nitrogens with two attached hydrogens (primary N) is 1. The molecule has 0 unspecified atom stereocenters. The van der Waals surface area contributed by atoms with Gasteiger partial charge in [-0.15, -0.1) is 5.10 Å². The average Bonchev–Trinajstić information content (AvgIpc) is 2.95. The van der Waals surface area contributed by atoms with E-state index in [4.69, 9.17) is 33.4 Å². The number of halogens is 2. The summed E-state index contributed by atoms with van der Waals surface area (Å²) in [4.78, 5) is 4.30. The fourth-order valence-electron chi connectivity index (χ4n) is 1.71. The molecule has 0 aliphatic rings. The van der Waals surface area contributed by atoms with E-state index in [1.54, 1.807) is 23.0 Å². The second kappa shape index (κ2) is 4.80. The number of fused-ring (bicyclic) bond motifs is 1. The fourth-order valence-corrected chi connectivity index (χ4v) is 2.23. The first-order valence-corrected chi connectivity index (χ1v) is 6.29. The Labute approximate surface area is 118 Å². The van der Waals surface area contributed by atoms with Gasteiger partial charge in [0.15, 0.2) is 11.3 Å². The highest BCUT2D eigenvalue weighted by atomic mass is 35.5. The Balaban J connectivity index is 2.07. The lowest BCUT2D eigenvalue weighted by molar-refractivity contribution is 0.598. The molecule has 98 valence electrons. The van der Waals surface area contributed by atoms with Crippen LogP contribution in [-0.4, -0.2) is 26.5 Å². The van der Waals surface area contributed by atoms with Crippen LogP contribution in [0.25, 0.3) is 22.7 Å². The SMILES string of the molecule is NCCn1cc(-c2nc3cc(Cl)cc(Cl)c3o2)nn1. The summed E-state index contributed by atoms with van der Waals surface area (Å²) in [6, 6.07) is 3.28. The first kappa shape index (κ1) is 12.4. The van der Waals surface area contributed by atoms with Gasteiger partial charge in [0.25, 0.3) is 0 Å². The Hall–Kier alpha value is -1.63. The summed E-state index contributed by atoms with van der Waals surface area (Å²) in [5.41, 5.74) is 7.04. The molecular formula is C11H9Cl2N5O. The molecule has 6 nitrogen and oxygen atoms in total. The Morgan fingerprint density at radius 3 is 2.95 bits per heavy atom. The summed E-state index contributed by atoms with van der Waals surface area (Å²) in [6.07, 6.45) is 1.72. The molecule has 0 aliphatic carbocycles. The molecule has 1 aromatic carbocycles. The van der Waals surface area contributed by atoms with Crippen LogP contribution in [0.5, 0.6) is 0 Å². The molecule has 0 bridgehead atoms. The van der Waals surface area contributed by atoms with Crippen LogP contribution in [0.2, 0.25) is 10.0 Å². The Bertz CT molecular complexity index is 736. The van der Waals surface area contributed by atoms with Gasteiger partial charge in [0.1, 0.15) is 5.52 Å². The molecule has 8 heteroatoms. The minimum absolute atomic E-state index is 0.349. The summed E-state index contributed by atoms with van der Waals surface area (Å²) >= 11 is 12.0. The van der Waals surface area contributed by atoms with Crippen LogP contribution >= 0.6 is 23.2 Å². The van der Waals surface area contributed by atoms with Gasteiger partial charge in [0.2, 0.25) is 5.89 Å². The number of nitrogens with zero attached hydrogens (tertiary/aromatic N) is 4. The van der Waals surface area contributed by atoms with Crippen molar-refractivity contribution >= 4 is 34.3 Å². The number of benzene rings is 1. The third-order valence-electron chi connectivity index (χ3n) is 2.53. The molecule has 0 fully saturated rings. The lowest BCUT2D eigenvalue weighted by atomic mass is 10.3. The first-order valence-electron chi connectivity index (χ1n) is 5.53. The highest BCUT2D eigenvalue weighted by molar-refractivity contribution is 6.38. The van der Waals surface area contributed by atoms with Crippen LogP contribution in [0.4, 0.5) is 0 Å². The number of oxazole rings is 1. The van der Waals surface area contributed by atoms with Crippen molar-refractivity contribution in [2.75, 3.05) is 6.54 Å². The van der Waals surface area contributed by atoms with Crippen molar-refractivity contribution < 1.29 is 4.42 Å². The molecule has 3 aromatic rings. The number of aromatic nitrogens is 4. The molecule has 3 rings (SSSR count). The molecule has 2 heterocycles. The van der Waals surface area contributed by atoms with Crippen LogP contribution in [0, 0.1) is 0 Å². The standard InChI is InChI=1S/C11H9Cl2N5O/c12-6-3-7(13)10-8(4-6)15-11(19-10)9-5-18(2-1-14)17-16-9/h3-5H,1-2,14H2. The van der Waals surface area contributed by atoms with E-state index < -0.39 is 0 Å². The van der Waals surface area contributed by atoms with Crippen molar-refractivity contribution in [3.8, 4) is 11.6 Å². The maximum atomic E-state index is 6.04. The minimum Gasteiger partial charge on any atom is -0.433 e. The van der Waals surface area contributed by atoms with Crippen molar-refractivity contribution in [3.05, 3.63) is 28.4 Å². The number of hydrogen-bond donors (Lipinski definition) is 1. The normalized spacial score (nSPS) is 11.3. The van der Waals surface area contributed by atoms with Crippen molar-refractivity contribution in [2.45, 2.75) is 6.54 Å². The van der Waals surface area contributed by atoms with Gasteiger partial charge in [0, 0.05) is 11.6 Å². The van der Waals surface area contributed by atoms with E-state index in [9.17, 15) is 0 Å². The molecule has 19 heavy (non-hydrogen) atoms. The molecule has 2 aromatic heterocycles. The van der Waals surface area contributed by atoms with E-state index in [1.165, 1.54) is 0 Å². The molecule has 2 N–H and O–H groups in total. The highest BCUT2D eigenvalue weighted by Gasteiger charge is 2.14. The molecule has 0 saturated heterocycles. The predicted molar refractivity (Wildman–Crippen MR) is 72.1 cm³/mol. The Morgan fingerprint density at radius 1 is 1.32 bits per heavy atom. The third-order valence-corrected chi connectivity index (χ3v) is 3.02. The van der Waals surface area contributed by atoms with Crippen LogP contribution in [-0.2, 0) is 6.54 Å². The summed E-state index contributed by atoms with van der Waals surface area (Å²) in [5.74, 6) is 0.349. The van der Waals surface area contributed by atoms with Gasteiger partial charge in [-0.25, -0.2) is 4.98 Å². The Kier molecular flexibility index (Phi) is 3.14. The van der Waals surface area contributed by atoms with Crippen molar-refractivity contribution in [3.63, 3.8) is 0 Å². The van der Waals surface area contributed by atoms with E-state index in [0.29, 0.717) is 45.8 Å². The van der Waals surface area contributed by atoms with E-state index in [1.807, 2.05) is 0 Å². The number of hydrogen-bond acceptors (Lipinski definition) is 5. The molecule has 0 atom stereocenters. The van der Waals surface area contributed by atoms with Gasteiger partial charge >= 0.3 is 0 Å². The van der Waals surface area contributed by atoms with Gasteiger partial charge < -0.3 is 10.2 Å². The van der Waals surface area contributed by atoms with E-state index in [0.717, 1.165) is 0 Å². The summed E-state index contributed by atoms with van der Waals surface area (Å²) in [7, 11) is 0. The van der Waals surface area contributed by atoms with Gasteiger partial charge in [-0.05, 0) is 12.1 Å². The number of rotatable bonds is 3. The monoisotopic (exact) mass is 297 g/mol. The zero-order chi connectivity index (χ0) is 13.4. The minimum atomic E-state index is 0.349. The van der Waals surface area contributed by atoms with Gasteiger partial charge in [0.05, 0.1) is 17.8 Å². The lowest BCUT2D eigenvalue weighted by Crippen LogP contribution is -2.10. The van der Waals surface area contributed by atoms with E-state index in [2.05, 4.69) is 15.3 Å². The van der Waals surface area contributed by atoms with Crippen LogP contribution < -0.4 is 5.73 Å². The largest absolute Gasteiger partial charge is 0.433 e. The van der Waals surface area contributed by atoms with Gasteiger partial charge in [-0.1, -0.05) is 28.4 Å². The fraction of sp³-hybridized carbons (Fsp3) is 0.182.